The zero-order chi connectivity index (χ0) is 18.6. The molecule has 0 aromatic heterocycles. The maximum Gasteiger partial charge on any atom is 0.265 e. The van der Waals surface area contributed by atoms with Gasteiger partial charge in [0.15, 0.2) is 6.10 Å². The zero-order valence-electron chi connectivity index (χ0n) is 15.4. The van der Waals surface area contributed by atoms with Crippen molar-refractivity contribution in [2.24, 2.45) is 0 Å². The van der Waals surface area contributed by atoms with Crippen molar-refractivity contribution in [1.29, 1.82) is 0 Å². The van der Waals surface area contributed by atoms with E-state index >= 15 is 0 Å². The average molecular weight is 342 g/mol. The number of nitrogen functional groups attached to an aromatic ring is 1. The van der Waals surface area contributed by atoms with Gasteiger partial charge in [-0.25, -0.2) is 0 Å². The Bertz CT molecular complexity index is 757. The first-order valence-electron chi connectivity index (χ1n) is 8.33. The van der Waals surface area contributed by atoms with Crippen molar-refractivity contribution in [1.82, 2.24) is 0 Å². The fourth-order valence-corrected chi connectivity index (χ4v) is 2.52. The number of nitrogens with one attached hydrogen (secondary N) is 1. The van der Waals surface area contributed by atoms with E-state index in [1.165, 1.54) is 0 Å². The van der Waals surface area contributed by atoms with E-state index in [4.69, 9.17) is 15.2 Å². The highest BCUT2D eigenvalue weighted by Crippen LogP contribution is 2.29. The normalized spacial score (nSPS) is 11.9. The van der Waals surface area contributed by atoms with E-state index in [-0.39, 0.29) is 5.91 Å². The van der Waals surface area contributed by atoms with Crippen LogP contribution in [0, 0.1) is 6.92 Å². The monoisotopic (exact) mass is 342 g/mol. The van der Waals surface area contributed by atoms with Crippen molar-refractivity contribution in [2.75, 3.05) is 18.2 Å². The molecule has 1 amide bonds. The molecular formula is C20H26N2O3. The molecule has 0 fully saturated rings. The summed E-state index contributed by atoms with van der Waals surface area (Å²) >= 11 is 0. The molecule has 25 heavy (non-hydrogen) atoms. The number of anilines is 2. The van der Waals surface area contributed by atoms with Crippen molar-refractivity contribution in [3.8, 4) is 11.5 Å². The van der Waals surface area contributed by atoms with E-state index in [9.17, 15) is 4.79 Å². The predicted octanol–water partition coefficient (Wildman–Crippen LogP) is 4.12. The number of amides is 1. The predicted molar refractivity (Wildman–Crippen MR) is 101 cm³/mol. The summed E-state index contributed by atoms with van der Waals surface area (Å²) in [5, 5.41) is 2.82. The molecule has 3 N–H and O–H groups in total. The lowest BCUT2D eigenvalue weighted by Gasteiger charge is -2.19. The fourth-order valence-electron chi connectivity index (χ4n) is 2.52. The van der Waals surface area contributed by atoms with E-state index in [0.29, 0.717) is 23.0 Å². The highest BCUT2D eigenvalue weighted by Gasteiger charge is 2.18. The second-order valence-corrected chi connectivity index (χ2v) is 6.40. The number of hydrogen-bond donors (Lipinski definition) is 2. The van der Waals surface area contributed by atoms with E-state index in [2.05, 4.69) is 19.2 Å². The summed E-state index contributed by atoms with van der Waals surface area (Å²) in [5.74, 6) is 1.39. The number of rotatable bonds is 6. The van der Waals surface area contributed by atoms with Gasteiger partial charge in [-0.05, 0) is 55.2 Å². The third-order valence-corrected chi connectivity index (χ3v) is 3.96. The maximum absolute atomic E-state index is 12.4. The molecule has 0 heterocycles. The molecule has 0 aliphatic carbocycles. The summed E-state index contributed by atoms with van der Waals surface area (Å²) in [6.07, 6.45) is -0.636. The van der Waals surface area contributed by atoms with Crippen LogP contribution < -0.4 is 20.5 Å². The molecule has 2 rings (SSSR count). The molecule has 1 unspecified atom stereocenters. The molecule has 0 radical (unpaired) electrons. The molecule has 2 aromatic carbocycles. The van der Waals surface area contributed by atoms with Crippen LogP contribution in [-0.2, 0) is 4.79 Å². The van der Waals surface area contributed by atoms with E-state index in [1.54, 1.807) is 32.2 Å². The molecular weight excluding hydrogens is 316 g/mol. The Balaban J connectivity index is 2.11. The molecule has 5 nitrogen and oxygen atoms in total. The number of hydrogen-bond acceptors (Lipinski definition) is 4. The SMILES string of the molecule is COc1ccc(NC(=O)C(C)Oc2cc(C)ccc2C(C)C)cc1N. The van der Waals surface area contributed by atoms with Crippen LogP contribution in [0.5, 0.6) is 11.5 Å². The topological polar surface area (TPSA) is 73.6 Å². The number of nitrogens with two attached hydrogens (primary N) is 1. The first-order valence-corrected chi connectivity index (χ1v) is 8.33. The van der Waals surface area contributed by atoms with Gasteiger partial charge in [-0.2, -0.15) is 0 Å². The molecule has 134 valence electrons. The fraction of sp³-hybridized carbons (Fsp3) is 0.350. The van der Waals surface area contributed by atoms with Crippen LogP contribution in [0.15, 0.2) is 36.4 Å². The Kier molecular flexibility index (Phi) is 5.91. The minimum atomic E-state index is -0.636. The third-order valence-electron chi connectivity index (χ3n) is 3.96. The summed E-state index contributed by atoms with van der Waals surface area (Å²) < 4.78 is 11.0. The van der Waals surface area contributed by atoms with Gasteiger partial charge in [-0.15, -0.1) is 0 Å². The summed E-state index contributed by atoms with van der Waals surface area (Å²) in [6, 6.07) is 11.2. The molecule has 1 atom stereocenters. The summed E-state index contributed by atoms with van der Waals surface area (Å²) in [5.41, 5.74) is 9.12. The number of ether oxygens (including phenoxy) is 2. The van der Waals surface area contributed by atoms with E-state index in [1.807, 2.05) is 25.1 Å². The lowest BCUT2D eigenvalue weighted by atomic mass is 10.0. The number of carbonyl (C=O) groups is 1. The Morgan fingerprint density at radius 1 is 1.08 bits per heavy atom. The minimum Gasteiger partial charge on any atom is -0.495 e. The van der Waals surface area contributed by atoms with Crippen LogP contribution >= 0.6 is 0 Å². The third kappa shape index (κ3) is 4.66. The van der Waals surface area contributed by atoms with Crippen LogP contribution in [-0.4, -0.2) is 19.1 Å². The highest BCUT2D eigenvalue weighted by molar-refractivity contribution is 5.94. The quantitative estimate of drug-likeness (QED) is 0.775. The lowest BCUT2D eigenvalue weighted by Crippen LogP contribution is -2.30. The summed E-state index contributed by atoms with van der Waals surface area (Å²) in [6.45, 7) is 7.93. The second kappa shape index (κ2) is 7.92. The Labute approximate surface area is 149 Å². The van der Waals surface area contributed by atoms with Crippen LogP contribution in [0.1, 0.15) is 37.8 Å². The van der Waals surface area contributed by atoms with Gasteiger partial charge in [0.1, 0.15) is 11.5 Å². The largest absolute Gasteiger partial charge is 0.495 e. The van der Waals surface area contributed by atoms with E-state index < -0.39 is 6.10 Å². The first kappa shape index (κ1) is 18.6. The van der Waals surface area contributed by atoms with Gasteiger partial charge in [-0.1, -0.05) is 26.0 Å². The lowest BCUT2D eigenvalue weighted by molar-refractivity contribution is -0.122. The Hall–Kier alpha value is -2.69. The van der Waals surface area contributed by atoms with Crippen molar-refractivity contribution in [2.45, 2.75) is 39.7 Å². The summed E-state index contributed by atoms with van der Waals surface area (Å²) in [7, 11) is 1.55. The van der Waals surface area contributed by atoms with Gasteiger partial charge in [0.25, 0.3) is 5.91 Å². The van der Waals surface area contributed by atoms with Gasteiger partial charge in [0.2, 0.25) is 0 Å². The standard InChI is InChI=1S/C20H26N2O3/c1-12(2)16-8-6-13(3)10-19(16)25-14(4)20(23)22-15-7-9-18(24-5)17(21)11-15/h6-12,14H,21H2,1-5H3,(H,22,23). The van der Waals surface area contributed by atoms with Gasteiger partial charge < -0.3 is 20.5 Å². The van der Waals surface area contributed by atoms with E-state index in [0.717, 1.165) is 16.9 Å². The number of aryl methyl sites for hydroxylation is 1. The van der Waals surface area contributed by atoms with Crippen molar-refractivity contribution < 1.29 is 14.3 Å². The van der Waals surface area contributed by atoms with Gasteiger partial charge in [-0.3, -0.25) is 4.79 Å². The zero-order valence-corrected chi connectivity index (χ0v) is 15.4. The molecule has 0 spiro atoms. The molecule has 0 aliphatic heterocycles. The molecule has 2 aromatic rings. The highest BCUT2D eigenvalue weighted by atomic mass is 16.5. The number of benzene rings is 2. The van der Waals surface area contributed by atoms with Crippen molar-refractivity contribution in [3.63, 3.8) is 0 Å². The smallest absolute Gasteiger partial charge is 0.265 e. The number of carbonyl (C=O) groups excluding carboxylic acids is 1. The Morgan fingerprint density at radius 3 is 2.40 bits per heavy atom. The summed E-state index contributed by atoms with van der Waals surface area (Å²) in [4.78, 5) is 12.4. The van der Waals surface area contributed by atoms with Gasteiger partial charge >= 0.3 is 0 Å². The molecule has 0 saturated heterocycles. The van der Waals surface area contributed by atoms with Gasteiger partial charge in [0, 0.05) is 5.69 Å². The van der Waals surface area contributed by atoms with Crippen LogP contribution in [0.3, 0.4) is 0 Å². The number of methoxy groups -OCH3 is 1. The first-order chi connectivity index (χ1) is 11.8. The second-order valence-electron chi connectivity index (χ2n) is 6.40. The van der Waals surface area contributed by atoms with Crippen LogP contribution in [0.2, 0.25) is 0 Å². The molecule has 0 bridgehead atoms. The molecule has 0 aliphatic rings. The van der Waals surface area contributed by atoms with Crippen LogP contribution in [0.4, 0.5) is 11.4 Å². The Morgan fingerprint density at radius 2 is 1.80 bits per heavy atom. The minimum absolute atomic E-state index is 0.235. The van der Waals surface area contributed by atoms with Gasteiger partial charge in [0.05, 0.1) is 12.8 Å². The molecule has 5 heteroatoms. The average Bonchev–Trinajstić information content (AvgIpc) is 2.54. The maximum atomic E-state index is 12.4. The molecule has 0 saturated carbocycles. The van der Waals surface area contributed by atoms with Crippen molar-refractivity contribution in [3.05, 3.63) is 47.5 Å². The van der Waals surface area contributed by atoms with Crippen molar-refractivity contribution >= 4 is 17.3 Å². The van der Waals surface area contributed by atoms with Crippen LogP contribution in [0.25, 0.3) is 0 Å².